The van der Waals surface area contributed by atoms with Crippen molar-refractivity contribution in [1.82, 2.24) is 5.32 Å². The van der Waals surface area contributed by atoms with E-state index in [1.807, 2.05) is 0 Å². The highest BCUT2D eigenvalue weighted by atomic mass is 79.9. The molecule has 2 nitrogen and oxygen atoms in total. The zero-order valence-corrected chi connectivity index (χ0v) is 14.2. The maximum atomic E-state index is 3.61. The van der Waals surface area contributed by atoms with Crippen molar-refractivity contribution in [3.05, 3.63) is 28.2 Å². The summed E-state index contributed by atoms with van der Waals surface area (Å²) in [5, 5.41) is 4.22. The standard InChI is InChI=1S/C15H23BrN2S/c1-3-14-11-18(7-8-19-14)15-9-13(16)6-5-12(15)10-17-4-2/h5-6,9,14,17H,3-4,7-8,10-11H2,1-2H3. The van der Waals surface area contributed by atoms with Gasteiger partial charge in [-0.1, -0.05) is 35.8 Å². The van der Waals surface area contributed by atoms with Crippen LogP contribution < -0.4 is 10.2 Å². The molecule has 106 valence electrons. The van der Waals surface area contributed by atoms with Crippen LogP contribution in [-0.2, 0) is 6.54 Å². The Hall–Kier alpha value is -0.190. The maximum Gasteiger partial charge on any atom is 0.0423 e. The van der Waals surface area contributed by atoms with Crippen LogP contribution in [0, 0.1) is 0 Å². The summed E-state index contributed by atoms with van der Waals surface area (Å²) in [6.07, 6.45) is 1.26. The van der Waals surface area contributed by atoms with Gasteiger partial charge in [-0.3, -0.25) is 0 Å². The summed E-state index contributed by atoms with van der Waals surface area (Å²) in [5.41, 5.74) is 2.81. The van der Waals surface area contributed by atoms with Crippen molar-refractivity contribution in [2.24, 2.45) is 0 Å². The average molecular weight is 343 g/mol. The van der Waals surface area contributed by atoms with Gasteiger partial charge in [0.15, 0.2) is 0 Å². The van der Waals surface area contributed by atoms with Crippen molar-refractivity contribution in [3.63, 3.8) is 0 Å². The van der Waals surface area contributed by atoms with Crippen LogP contribution in [0.1, 0.15) is 25.8 Å². The Morgan fingerprint density at radius 1 is 1.42 bits per heavy atom. The van der Waals surface area contributed by atoms with Gasteiger partial charge in [-0.15, -0.1) is 0 Å². The first kappa shape index (κ1) is 15.2. The van der Waals surface area contributed by atoms with Gasteiger partial charge in [0.1, 0.15) is 0 Å². The Morgan fingerprint density at radius 3 is 3.00 bits per heavy atom. The summed E-state index contributed by atoms with van der Waals surface area (Å²) in [5.74, 6) is 1.24. The summed E-state index contributed by atoms with van der Waals surface area (Å²) in [7, 11) is 0. The predicted octanol–water partition coefficient (Wildman–Crippen LogP) is 3.89. The highest BCUT2D eigenvalue weighted by Crippen LogP contribution is 2.30. The van der Waals surface area contributed by atoms with Gasteiger partial charge in [-0.05, 0) is 30.7 Å². The van der Waals surface area contributed by atoms with Gasteiger partial charge in [0.2, 0.25) is 0 Å². The molecule has 0 radical (unpaired) electrons. The third-order valence-electron chi connectivity index (χ3n) is 3.55. The van der Waals surface area contributed by atoms with E-state index in [4.69, 9.17) is 0 Å². The molecular formula is C15H23BrN2S. The molecule has 1 N–H and O–H groups in total. The Morgan fingerprint density at radius 2 is 2.26 bits per heavy atom. The predicted molar refractivity (Wildman–Crippen MR) is 90.3 cm³/mol. The van der Waals surface area contributed by atoms with E-state index in [0.29, 0.717) is 0 Å². The molecule has 19 heavy (non-hydrogen) atoms. The molecule has 1 aromatic rings. The van der Waals surface area contributed by atoms with E-state index in [2.05, 4.69) is 70.0 Å². The summed E-state index contributed by atoms with van der Waals surface area (Å²) < 4.78 is 1.18. The molecule has 2 rings (SSSR count). The molecular weight excluding hydrogens is 320 g/mol. The molecule has 0 bridgehead atoms. The Balaban J connectivity index is 2.18. The largest absolute Gasteiger partial charge is 0.369 e. The Labute approximate surface area is 129 Å². The molecule has 1 saturated heterocycles. The van der Waals surface area contributed by atoms with Crippen molar-refractivity contribution in [2.45, 2.75) is 32.1 Å². The first-order chi connectivity index (χ1) is 9.24. The van der Waals surface area contributed by atoms with E-state index >= 15 is 0 Å². The molecule has 0 aromatic heterocycles. The average Bonchev–Trinajstić information content (AvgIpc) is 2.46. The van der Waals surface area contributed by atoms with Gasteiger partial charge >= 0.3 is 0 Å². The fourth-order valence-electron chi connectivity index (χ4n) is 2.43. The molecule has 0 saturated carbocycles. The lowest BCUT2D eigenvalue weighted by Crippen LogP contribution is -2.38. The second-order valence-electron chi connectivity index (χ2n) is 4.90. The molecule has 1 aromatic carbocycles. The van der Waals surface area contributed by atoms with Crippen LogP contribution in [-0.4, -0.2) is 30.6 Å². The number of rotatable bonds is 5. The molecule has 1 unspecified atom stereocenters. The lowest BCUT2D eigenvalue weighted by atomic mass is 10.1. The van der Waals surface area contributed by atoms with E-state index < -0.39 is 0 Å². The lowest BCUT2D eigenvalue weighted by Gasteiger charge is -2.35. The number of nitrogens with one attached hydrogen (secondary N) is 1. The number of nitrogens with zero attached hydrogens (tertiary/aromatic N) is 1. The van der Waals surface area contributed by atoms with Gasteiger partial charge < -0.3 is 10.2 Å². The molecule has 4 heteroatoms. The van der Waals surface area contributed by atoms with Crippen molar-refractivity contribution in [2.75, 3.05) is 30.3 Å². The topological polar surface area (TPSA) is 15.3 Å². The summed E-state index contributed by atoms with van der Waals surface area (Å²) >= 11 is 5.73. The first-order valence-corrected chi connectivity index (χ1v) is 8.94. The van der Waals surface area contributed by atoms with Gasteiger partial charge in [0.25, 0.3) is 0 Å². The highest BCUT2D eigenvalue weighted by molar-refractivity contribution is 9.10. The van der Waals surface area contributed by atoms with Gasteiger partial charge in [0, 0.05) is 40.8 Å². The molecule has 0 spiro atoms. The maximum absolute atomic E-state index is 3.61. The Kier molecular flexibility index (Phi) is 6.05. The van der Waals surface area contributed by atoms with E-state index in [9.17, 15) is 0 Å². The molecule has 1 fully saturated rings. The molecule has 1 aliphatic heterocycles. The molecule has 0 aliphatic carbocycles. The first-order valence-electron chi connectivity index (χ1n) is 7.10. The fourth-order valence-corrected chi connectivity index (χ4v) is 3.95. The van der Waals surface area contributed by atoms with Gasteiger partial charge in [-0.25, -0.2) is 0 Å². The molecule has 1 aliphatic rings. The van der Waals surface area contributed by atoms with Crippen molar-refractivity contribution >= 4 is 33.4 Å². The zero-order chi connectivity index (χ0) is 13.7. The van der Waals surface area contributed by atoms with Crippen LogP contribution in [0.4, 0.5) is 5.69 Å². The summed E-state index contributed by atoms with van der Waals surface area (Å²) in [6, 6.07) is 6.66. The minimum Gasteiger partial charge on any atom is -0.369 e. The second-order valence-corrected chi connectivity index (χ2v) is 7.22. The smallest absolute Gasteiger partial charge is 0.0423 e. The monoisotopic (exact) mass is 342 g/mol. The van der Waals surface area contributed by atoms with Crippen molar-refractivity contribution < 1.29 is 0 Å². The van der Waals surface area contributed by atoms with E-state index in [1.165, 1.54) is 34.4 Å². The highest BCUT2D eigenvalue weighted by Gasteiger charge is 2.21. The second kappa shape index (κ2) is 7.55. The molecule has 1 atom stereocenters. The SMILES string of the molecule is CCNCc1ccc(Br)cc1N1CCSC(CC)C1. The van der Waals surface area contributed by atoms with Crippen molar-refractivity contribution in [1.29, 1.82) is 0 Å². The van der Waals surface area contributed by atoms with Crippen LogP contribution >= 0.6 is 27.7 Å². The van der Waals surface area contributed by atoms with Crippen molar-refractivity contribution in [3.8, 4) is 0 Å². The molecule has 0 amide bonds. The van der Waals surface area contributed by atoms with Gasteiger partial charge in [0.05, 0.1) is 0 Å². The minimum absolute atomic E-state index is 0.778. The van der Waals surface area contributed by atoms with E-state index in [1.54, 1.807) is 0 Å². The van der Waals surface area contributed by atoms with Crippen LogP contribution in [0.2, 0.25) is 0 Å². The summed E-state index contributed by atoms with van der Waals surface area (Å²) in [6.45, 7) is 8.76. The number of hydrogen-bond donors (Lipinski definition) is 1. The number of hydrogen-bond acceptors (Lipinski definition) is 3. The summed E-state index contributed by atoms with van der Waals surface area (Å²) in [4.78, 5) is 2.56. The van der Waals surface area contributed by atoms with Gasteiger partial charge in [-0.2, -0.15) is 11.8 Å². The van der Waals surface area contributed by atoms with Crippen LogP contribution in [0.3, 0.4) is 0 Å². The third kappa shape index (κ3) is 4.14. The number of anilines is 1. The minimum atomic E-state index is 0.778. The normalized spacial score (nSPS) is 19.7. The van der Waals surface area contributed by atoms with E-state index in [-0.39, 0.29) is 0 Å². The van der Waals surface area contributed by atoms with E-state index in [0.717, 1.165) is 24.9 Å². The lowest BCUT2D eigenvalue weighted by molar-refractivity contribution is 0.702. The number of benzene rings is 1. The van der Waals surface area contributed by atoms with Crippen LogP contribution in [0.25, 0.3) is 0 Å². The number of halogens is 1. The fraction of sp³-hybridized carbons (Fsp3) is 0.600. The van der Waals surface area contributed by atoms with Crippen LogP contribution in [0.15, 0.2) is 22.7 Å². The van der Waals surface area contributed by atoms with Crippen LogP contribution in [0.5, 0.6) is 0 Å². The quantitative estimate of drug-likeness (QED) is 0.873. The third-order valence-corrected chi connectivity index (χ3v) is 5.41. The Bertz CT molecular complexity index is 411. The molecule has 1 heterocycles. The number of thioether (sulfide) groups is 1. The zero-order valence-electron chi connectivity index (χ0n) is 11.8.